The lowest BCUT2D eigenvalue weighted by atomic mass is 10.2. The number of hydrogen-bond donors (Lipinski definition) is 0. The van der Waals surface area contributed by atoms with E-state index in [2.05, 4.69) is 16.5 Å². The molecule has 3 heterocycles. The number of hydrogen-bond acceptors (Lipinski definition) is 5. The predicted molar refractivity (Wildman–Crippen MR) is 133 cm³/mol. The van der Waals surface area contributed by atoms with Crippen molar-refractivity contribution in [3.63, 3.8) is 0 Å². The van der Waals surface area contributed by atoms with Gasteiger partial charge in [-0.15, -0.1) is 11.3 Å². The average molecular weight is 481 g/mol. The molecule has 0 saturated carbocycles. The van der Waals surface area contributed by atoms with Crippen molar-refractivity contribution in [2.45, 2.75) is 52.5 Å². The van der Waals surface area contributed by atoms with E-state index in [4.69, 9.17) is 4.74 Å². The fourth-order valence-electron chi connectivity index (χ4n) is 4.36. The van der Waals surface area contributed by atoms with E-state index in [0.717, 1.165) is 17.1 Å². The lowest BCUT2D eigenvalue weighted by Gasteiger charge is -2.34. The first kappa shape index (κ1) is 24.2. The first-order valence-corrected chi connectivity index (χ1v) is 12.7. The minimum atomic E-state index is -0.0418. The van der Waals surface area contributed by atoms with Crippen molar-refractivity contribution in [1.82, 2.24) is 19.4 Å². The molecule has 180 valence electrons. The summed E-state index contributed by atoms with van der Waals surface area (Å²) in [5, 5.41) is 2.71. The summed E-state index contributed by atoms with van der Waals surface area (Å²) in [4.78, 5) is 34.4. The number of benzene rings is 1. The Labute approximate surface area is 205 Å². The fourth-order valence-corrected chi connectivity index (χ4v) is 5.13. The van der Waals surface area contributed by atoms with E-state index < -0.39 is 0 Å². The molecular weight excluding hydrogens is 448 g/mol. The van der Waals surface area contributed by atoms with Crippen LogP contribution < -0.4 is 0 Å². The van der Waals surface area contributed by atoms with Gasteiger partial charge in [-0.2, -0.15) is 0 Å². The molecule has 7 nitrogen and oxygen atoms in total. The summed E-state index contributed by atoms with van der Waals surface area (Å²) in [5.41, 5.74) is 2.22. The van der Waals surface area contributed by atoms with E-state index >= 15 is 0 Å². The number of amides is 2. The van der Waals surface area contributed by atoms with Gasteiger partial charge in [-0.25, -0.2) is 4.98 Å². The maximum atomic E-state index is 13.1. The molecular formula is C26H32N4O3S. The third-order valence-electron chi connectivity index (χ3n) is 5.86. The van der Waals surface area contributed by atoms with Gasteiger partial charge < -0.3 is 19.1 Å². The highest BCUT2D eigenvalue weighted by molar-refractivity contribution is 7.09. The van der Waals surface area contributed by atoms with E-state index in [0.29, 0.717) is 44.0 Å². The topological polar surface area (TPSA) is 67.7 Å². The van der Waals surface area contributed by atoms with Gasteiger partial charge in [0.2, 0.25) is 0 Å². The van der Waals surface area contributed by atoms with Crippen LogP contribution in [0.2, 0.25) is 0 Å². The molecule has 2 atom stereocenters. The quantitative estimate of drug-likeness (QED) is 0.482. The number of aromatic nitrogens is 2. The third-order valence-corrected chi connectivity index (χ3v) is 6.69. The van der Waals surface area contributed by atoms with Crippen LogP contribution in [0.25, 0.3) is 0 Å². The molecule has 1 aliphatic rings. The van der Waals surface area contributed by atoms with Gasteiger partial charge in [-0.3, -0.25) is 9.59 Å². The van der Waals surface area contributed by atoms with E-state index in [1.165, 1.54) is 11.3 Å². The molecule has 34 heavy (non-hydrogen) atoms. The third kappa shape index (κ3) is 5.74. The van der Waals surface area contributed by atoms with Crippen LogP contribution in [0.4, 0.5) is 0 Å². The molecule has 0 spiro atoms. The van der Waals surface area contributed by atoms with Gasteiger partial charge in [0.15, 0.2) is 0 Å². The van der Waals surface area contributed by atoms with Crippen molar-refractivity contribution in [1.29, 1.82) is 0 Å². The molecule has 0 radical (unpaired) electrons. The number of rotatable bonds is 8. The molecule has 8 heteroatoms. The molecule has 2 unspecified atom stereocenters. The first-order chi connectivity index (χ1) is 16.4. The minimum Gasteiger partial charge on any atom is -0.372 e. The van der Waals surface area contributed by atoms with E-state index in [9.17, 15) is 9.59 Å². The van der Waals surface area contributed by atoms with Crippen LogP contribution >= 0.6 is 11.3 Å². The number of thiazole rings is 1. The Bertz CT molecular complexity index is 1100. The Morgan fingerprint density at radius 3 is 2.56 bits per heavy atom. The van der Waals surface area contributed by atoms with Gasteiger partial charge in [0.25, 0.3) is 11.8 Å². The summed E-state index contributed by atoms with van der Waals surface area (Å²) in [6.45, 7) is 8.99. The minimum absolute atomic E-state index is 0.0258. The Morgan fingerprint density at radius 1 is 1.12 bits per heavy atom. The Balaban J connectivity index is 1.44. The number of morpholine rings is 1. The lowest BCUT2D eigenvalue weighted by molar-refractivity contribution is -0.0587. The normalized spacial score (nSPS) is 18.1. The summed E-state index contributed by atoms with van der Waals surface area (Å²) < 4.78 is 7.85. The average Bonchev–Trinajstić information content (AvgIpc) is 3.47. The molecule has 1 aromatic carbocycles. The molecule has 0 aliphatic carbocycles. The summed E-state index contributed by atoms with van der Waals surface area (Å²) in [6.07, 6.45) is 2.94. The SMILES string of the molecule is CCCN(Cc1cccn1Cc1nc(C(=O)N2CC(C)OC(C)C2)cs1)C(=O)c1ccccc1. The molecule has 2 amide bonds. The molecule has 1 aliphatic heterocycles. The number of ether oxygens (including phenoxy) is 1. The van der Waals surface area contributed by atoms with Crippen molar-refractivity contribution in [2.24, 2.45) is 0 Å². The van der Waals surface area contributed by atoms with Crippen LogP contribution in [0.15, 0.2) is 54.0 Å². The van der Waals surface area contributed by atoms with Gasteiger partial charge >= 0.3 is 0 Å². The number of carbonyl (C=O) groups is 2. The highest BCUT2D eigenvalue weighted by Gasteiger charge is 2.28. The summed E-state index contributed by atoms with van der Waals surface area (Å²) in [5.74, 6) is -0.00823. The maximum absolute atomic E-state index is 13.1. The van der Waals surface area contributed by atoms with E-state index in [1.54, 1.807) is 0 Å². The number of carbonyl (C=O) groups excluding carboxylic acids is 2. The van der Waals surface area contributed by atoms with Crippen molar-refractivity contribution in [3.8, 4) is 0 Å². The summed E-state index contributed by atoms with van der Waals surface area (Å²) in [6, 6.07) is 13.4. The van der Waals surface area contributed by atoms with Crippen LogP contribution in [0.5, 0.6) is 0 Å². The largest absolute Gasteiger partial charge is 0.372 e. The van der Waals surface area contributed by atoms with Crippen molar-refractivity contribution < 1.29 is 14.3 Å². The maximum Gasteiger partial charge on any atom is 0.273 e. The smallest absolute Gasteiger partial charge is 0.273 e. The monoisotopic (exact) mass is 480 g/mol. The highest BCUT2D eigenvalue weighted by atomic mass is 32.1. The van der Waals surface area contributed by atoms with Gasteiger partial charge in [0.1, 0.15) is 10.7 Å². The summed E-state index contributed by atoms with van der Waals surface area (Å²) in [7, 11) is 0. The first-order valence-electron chi connectivity index (χ1n) is 11.8. The second-order valence-corrected chi connectivity index (χ2v) is 9.76. The van der Waals surface area contributed by atoms with Crippen LogP contribution in [0.3, 0.4) is 0 Å². The van der Waals surface area contributed by atoms with Crippen molar-refractivity contribution in [3.05, 3.63) is 76.0 Å². The van der Waals surface area contributed by atoms with Crippen molar-refractivity contribution in [2.75, 3.05) is 19.6 Å². The molecule has 3 aromatic rings. The van der Waals surface area contributed by atoms with Gasteiger partial charge in [-0.1, -0.05) is 25.1 Å². The molecule has 0 bridgehead atoms. The zero-order chi connectivity index (χ0) is 24.1. The van der Waals surface area contributed by atoms with Gasteiger partial charge in [0.05, 0.1) is 25.3 Å². The molecule has 2 aromatic heterocycles. The standard InChI is InChI=1S/C26H32N4O3S/c1-4-12-29(25(31)21-9-6-5-7-10-21)16-22-11-8-13-28(22)17-24-27-23(18-34-24)26(32)30-14-19(2)33-20(3)15-30/h5-11,13,18-20H,4,12,14-17H2,1-3H3. The molecule has 0 N–H and O–H groups in total. The Kier molecular flexibility index (Phi) is 7.80. The zero-order valence-corrected chi connectivity index (χ0v) is 20.8. The van der Waals surface area contributed by atoms with Crippen LogP contribution in [0.1, 0.15) is 58.7 Å². The van der Waals surface area contributed by atoms with Crippen LogP contribution in [-0.4, -0.2) is 63.0 Å². The molecule has 1 saturated heterocycles. The van der Waals surface area contributed by atoms with Gasteiger partial charge in [0, 0.05) is 42.5 Å². The van der Waals surface area contributed by atoms with Crippen LogP contribution in [-0.2, 0) is 17.8 Å². The van der Waals surface area contributed by atoms with Crippen molar-refractivity contribution >= 4 is 23.2 Å². The molecule has 4 rings (SSSR count). The van der Waals surface area contributed by atoms with E-state index in [-0.39, 0.29) is 24.0 Å². The Hall–Kier alpha value is -2.97. The second-order valence-electron chi connectivity index (χ2n) is 8.81. The zero-order valence-electron chi connectivity index (χ0n) is 20.0. The van der Waals surface area contributed by atoms with Gasteiger partial charge in [-0.05, 0) is 44.5 Å². The second kappa shape index (κ2) is 11.0. The van der Waals surface area contributed by atoms with Crippen LogP contribution in [0, 0.1) is 0 Å². The number of nitrogens with zero attached hydrogens (tertiary/aromatic N) is 4. The Morgan fingerprint density at radius 2 is 1.85 bits per heavy atom. The highest BCUT2D eigenvalue weighted by Crippen LogP contribution is 2.19. The predicted octanol–water partition coefficient (Wildman–Crippen LogP) is 4.29. The summed E-state index contributed by atoms with van der Waals surface area (Å²) >= 11 is 1.49. The lowest BCUT2D eigenvalue weighted by Crippen LogP contribution is -2.48. The fraction of sp³-hybridized carbons (Fsp3) is 0.423. The van der Waals surface area contributed by atoms with E-state index in [1.807, 2.05) is 77.7 Å². The molecule has 1 fully saturated rings.